The molecule has 0 amide bonds. The number of unbranched alkanes of at least 4 members (excludes halogenated alkanes) is 1. The monoisotopic (exact) mass is 164 g/mol. The second-order valence-electron chi connectivity index (χ2n) is 3.08. The van der Waals surface area contributed by atoms with Crippen molar-refractivity contribution in [3.8, 4) is 0 Å². The van der Waals surface area contributed by atoms with E-state index in [0.29, 0.717) is 5.92 Å². The zero-order chi connectivity index (χ0) is 9.23. The summed E-state index contributed by atoms with van der Waals surface area (Å²) in [5.41, 5.74) is 0. The quantitative estimate of drug-likeness (QED) is 0.374. The molecule has 0 aliphatic heterocycles. The fraction of sp³-hybridized carbons (Fsp3) is 0.500. The average Bonchev–Trinajstić information content (AvgIpc) is 2.11. The lowest BCUT2D eigenvalue weighted by Crippen LogP contribution is -1.94. The van der Waals surface area contributed by atoms with Crippen molar-refractivity contribution in [1.82, 2.24) is 0 Å². The van der Waals surface area contributed by atoms with E-state index in [2.05, 4.69) is 25.8 Å². The average molecular weight is 164 g/mol. The predicted octanol–water partition coefficient (Wildman–Crippen LogP) is 4.11. The molecular weight excluding hydrogens is 144 g/mol. The fourth-order valence-corrected chi connectivity index (χ4v) is 1.24. The minimum atomic E-state index is 0.669. The van der Waals surface area contributed by atoms with Crippen molar-refractivity contribution in [3.63, 3.8) is 0 Å². The Labute approximate surface area is 76.7 Å². The molecule has 0 N–H and O–H groups in total. The molecule has 0 rings (SSSR count). The molecule has 0 aromatic rings. The molecule has 0 radical (unpaired) electrons. The third kappa shape index (κ3) is 5.96. The summed E-state index contributed by atoms with van der Waals surface area (Å²) in [7, 11) is 0. The van der Waals surface area contributed by atoms with Gasteiger partial charge in [0, 0.05) is 0 Å². The number of hydrogen-bond acceptors (Lipinski definition) is 0. The third-order valence-electron chi connectivity index (χ3n) is 2.06. The van der Waals surface area contributed by atoms with E-state index in [0.717, 1.165) is 12.8 Å². The number of hydrogen-bond donors (Lipinski definition) is 0. The van der Waals surface area contributed by atoms with E-state index in [9.17, 15) is 0 Å². The lowest BCUT2D eigenvalue weighted by molar-refractivity contribution is 0.531. The summed E-state index contributed by atoms with van der Waals surface area (Å²) in [5.74, 6) is 0.669. The maximum absolute atomic E-state index is 3.83. The van der Waals surface area contributed by atoms with E-state index in [4.69, 9.17) is 0 Å². The summed E-state index contributed by atoms with van der Waals surface area (Å²) < 4.78 is 0. The van der Waals surface area contributed by atoms with E-state index < -0.39 is 0 Å². The van der Waals surface area contributed by atoms with Crippen LogP contribution in [0, 0.1) is 5.92 Å². The smallest absolute Gasteiger partial charge is 0.0233 e. The molecule has 0 nitrogen and oxygen atoms in total. The Morgan fingerprint density at radius 1 is 0.917 bits per heavy atom. The summed E-state index contributed by atoms with van der Waals surface area (Å²) >= 11 is 0. The van der Waals surface area contributed by atoms with E-state index in [1.54, 1.807) is 0 Å². The minimum absolute atomic E-state index is 0.669. The molecular formula is C12H20. The summed E-state index contributed by atoms with van der Waals surface area (Å²) in [4.78, 5) is 0. The van der Waals surface area contributed by atoms with Crippen LogP contribution in [-0.4, -0.2) is 0 Å². The normalized spacial score (nSPS) is 12.0. The molecule has 0 aromatic heterocycles. The summed E-state index contributed by atoms with van der Waals surface area (Å²) in [6.45, 7) is 11.2. The van der Waals surface area contributed by atoms with Crippen LogP contribution >= 0.6 is 0 Å². The Hall–Kier alpha value is -0.780. The summed E-state index contributed by atoms with van der Waals surface area (Å²) in [6.07, 6.45) is 11.9. The van der Waals surface area contributed by atoms with Crippen LogP contribution in [0.1, 0.15) is 32.1 Å². The molecule has 0 saturated carbocycles. The van der Waals surface area contributed by atoms with Gasteiger partial charge in [-0.1, -0.05) is 18.2 Å². The highest BCUT2D eigenvalue weighted by Crippen LogP contribution is 2.15. The maximum atomic E-state index is 3.83. The molecule has 0 spiro atoms. The molecule has 0 heterocycles. The van der Waals surface area contributed by atoms with Gasteiger partial charge >= 0.3 is 0 Å². The molecule has 0 bridgehead atoms. The molecule has 0 heteroatoms. The van der Waals surface area contributed by atoms with Crippen molar-refractivity contribution >= 4 is 0 Å². The highest BCUT2D eigenvalue weighted by Gasteiger charge is 2.01. The Balaban J connectivity index is 3.44. The predicted molar refractivity (Wildman–Crippen MR) is 57.2 cm³/mol. The highest BCUT2D eigenvalue weighted by molar-refractivity contribution is 4.82. The van der Waals surface area contributed by atoms with Crippen LogP contribution in [0.5, 0.6) is 0 Å². The van der Waals surface area contributed by atoms with Crippen LogP contribution in [0.2, 0.25) is 0 Å². The van der Waals surface area contributed by atoms with Crippen molar-refractivity contribution in [2.45, 2.75) is 32.1 Å². The van der Waals surface area contributed by atoms with E-state index >= 15 is 0 Å². The van der Waals surface area contributed by atoms with Gasteiger partial charge in [-0.15, -0.1) is 19.7 Å². The number of rotatable bonds is 8. The highest BCUT2D eigenvalue weighted by atomic mass is 14.1. The maximum Gasteiger partial charge on any atom is -0.0233 e. The molecule has 0 aromatic carbocycles. The van der Waals surface area contributed by atoms with Crippen LogP contribution in [0.25, 0.3) is 0 Å². The molecule has 0 saturated heterocycles. The van der Waals surface area contributed by atoms with E-state index in [-0.39, 0.29) is 0 Å². The van der Waals surface area contributed by atoms with Crippen LogP contribution in [0.15, 0.2) is 38.0 Å². The third-order valence-corrected chi connectivity index (χ3v) is 2.06. The summed E-state index contributed by atoms with van der Waals surface area (Å²) in [6, 6.07) is 0. The molecule has 0 aliphatic rings. The lowest BCUT2D eigenvalue weighted by Gasteiger charge is -2.09. The van der Waals surface area contributed by atoms with Gasteiger partial charge in [-0.3, -0.25) is 0 Å². The van der Waals surface area contributed by atoms with Gasteiger partial charge in [0.15, 0.2) is 0 Å². The zero-order valence-corrected chi connectivity index (χ0v) is 7.97. The van der Waals surface area contributed by atoms with Crippen molar-refractivity contribution < 1.29 is 0 Å². The molecule has 1 atom stereocenters. The van der Waals surface area contributed by atoms with Gasteiger partial charge in [0.2, 0.25) is 0 Å². The Bertz CT molecular complexity index is 133. The second-order valence-corrected chi connectivity index (χ2v) is 3.08. The largest absolute Gasteiger partial charge is 0.103 e. The standard InChI is InChI=1S/C12H20/c1-4-7-9-11-12(6-3)10-8-5-2/h4-6,12H,1-3,7-11H2. The first-order valence-electron chi connectivity index (χ1n) is 4.69. The number of allylic oxidation sites excluding steroid dienone is 3. The SMILES string of the molecule is C=CCCCC(C=C)CCC=C. The molecule has 0 aliphatic carbocycles. The first kappa shape index (κ1) is 11.2. The van der Waals surface area contributed by atoms with E-state index in [1.165, 1.54) is 19.3 Å². The van der Waals surface area contributed by atoms with Crippen molar-refractivity contribution in [2.75, 3.05) is 0 Å². The van der Waals surface area contributed by atoms with Crippen LogP contribution in [0.3, 0.4) is 0 Å². The van der Waals surface area contributed by atoms with Gasteiger partial charge < -0.3 is 0 Å². The van der Waals surface area contributed by atoms with Crippen molar-refractivity contribution in [1.29, 1.82) is 0 Å². The Morgan fingerprint density at radius 2 is 1.58 bits per heavy atom. The minimum Gasteiger partial charge on any atom is -0.103 e. The first-order valence-corrected chi connectivity index (χ1v) is 4.69. The molecule has 68 valence electrons. The van der Waals surface area contributed by atoms with Gasteiger partial charge in [0.25, 0.3) is 0 Å². The zero-order valence-electron chi connectivity index (χ0n) is 7.97. The first-order chi connectivity index (χ1) is 5.85. The van der Waals surface area contributed by atoms with Crippen molar-refractivity contribution in [3.05, 3.63) is 38.0 Å². The van der Waals surface area contributed by atoms with Crippen LogP contribution < -0.4 is 0 Å². The summed E-state index contributed by atoms with van der Waals surface area (Å²) in [5, 5.41) is 0. The Kier molecular flexibility index (Phi) is 7.78. The Morgan fingerprint density at radius 3 is 2.08 bits per heavy atom. The van der Waals surface area contributed by atoms with Crippen molar-refractivity contribution in [2.24, 2.45) is 5.92 Å². The topological polar surface area (TPSA) is 0 Å². The molecule has 1 unspecified atom stereocenters. The molecule has 12 heavy (non-hydrogen) atoms. The fourth-order valence-electron chi connectivity index (χ4n) is 1.24. The van der Waals surface area contributed by atoms with Gasteiger partial charge in [-0.05, 0) is 38.0 Å². The van der Waals surface area contributed by atoms with Crippen LogP contribution in [-0.2, 0) is 0 Å². The van der Waals surface area contributed by atoms with Crippen LogP contribution in [0.4, 0.5) is 0 Å². The van der Waals surface area contributed by atoms with Gasteiger partial charge in [0.05, 0.1) is 0 Å². The lowest BCUT2D eigenvalue weighted by atomic mass is 9.97. The molecule has 0 fully saturated rings. The van der Waals surface area contributed by atoms with Gasteiger partial charge in [0.1, 0.15) is 0 Å². The van der Waals surface area contributed by atoms with Gasteiger partial charge in [-0.2, -0.15) is 0 Å². The van der Waals surface area contributed by atoms with Gasteiger partial charge in [-0.25, -0.2) is 0 Å². The second kappa shape index (κ2) is 8.32. The van der Waals surface area contributed by atoms with E-state index in [1.807, 2.05) is 12.2 Å².